The van der Waals surface area contributed by atoms with Crippen molar-refractivity contribution in [1.82, 2.24) is 5.32 Å². The van der Waals surface area contributed by atoms with Crippen molar-refractivity contribution < 1.29 is 20.4 Å². The molecule has 0 aliphatic carbocycles. The molecule has 0 aliphatic heterocycles. The van der Waals surface area contributed by atoms with Gasteiger partial charge in [-0.1, -0.05) is 30.3 Å². The molecule has 0 bridgehead atoms. The zero-order valence-corrected chi connectivity index (χ0v) is 12.0. The van der Waals surface area contributed by atoms with Gasteiger partial charge in [0.15, 0.2) is 0 Å². The van der Waals surface area contributed by atoms with Crippen molar-refractivity contribution in [2.24, 2.45) is 0 Å². The molecule has 0 fully saturated rings. The number of hydrogen-bond donors (Lipinski definition) is 1. The number of ether oxygens (including phenoxy) is 2. The first-order valence-corrected chi connectivity index (χ1v) is 6.39. The minimum Gasteiger partial charge on any atom is -0.444 e. The fourth-order valence-electron chi connectivity index (χ4n) is 1.42. The van der Waals surface area contributed by atoms with Crippen LogP contribution in [0.2, 0.25) is 0 Å². The van der Waals surface area contributed by atoms with Gasteiger partial charge in [-0.05, 0) is 26.3 Å². The van der Waals surface area contributed by atoms with Crippen molar-refractivity contribution in [2.75, 3.05) is 6.61 Å². The summed E-state index contributed by atoms with van der Waals surface area (Å²) in [5, 5.41) is 2.34. The van der Waals surface area contributed by atoms with E-state index in [1.807, 2.05) is 30.3 Å². The molecule has 0 unspecified atom stereocenters. The number of carbonyl (C=O) groups is 2. The van der Waals surface area contributed by atoms with Crippen LogP contribution in [0, 0.1) is 0 Å². The van der Waals surface area contributed by atoms with Crippen LogP contribution in [-0.4, -0.2) is 30.6 Å². The van der Waals surface area contributed by atoms with E-state index in [-0.39, 0.29) is 6.61 Å². The molecule has 0 saturated heterocycles. The van der Waals surface area contributed by atoms with Gasteiger partial charge in [0, 0.05) is 0 Å². The maximum absolute atomic E-state index is 11.6. The molecule has 0 aliphatic rings. The first-order chi connectivity index (χ1) is 9.78. The lowest BCUT2D eigenvalue weighted by atomic mass is 10.2. The number of nitrogens with one attached hydrogen (secondary N) is 1. The van der Waals surface area contributed by atoms with Gasteiger partial charge in [-0.3, -0.25) is 0 Å². The zero-order valence-electron chi connectivity index (χ0n) is 13.0. The molecule has 20 heavy (non-hydrogen) atoms. The van der Waals surface area contributed by atoms with Crippen molar-refractivity contribution in [2.45, 2.75) is 39.0 Å². The molecule has 1 aromatic rings. The number of aldehydes is 1. The number of benzene rings is 1. The van der Waals surface area contributed by atoms with E-state index in [9.17, 15) is 9.59 Å². The number of rotatable bonds is 6. The van der Waals surface area contributed by atoms with Crippen LogP contribution in [0.15, 0.2) is 30.3 Å². The summed E-state index contributed by atoms with van der Waals surface area (Å²) >= 11 is 0. The summed E-state index contributed by atoms with van der Waals surface area (Å²) in [4.78, 5) is 22.8. The highest BCUT2D eigenvalue weighted by Gasteiger charge is 2.19. The van der Waals surface area contributed by atoms with Gasteiger partial charge in [0.05, 0.1) is 13.2 Å². The summed E-state index contributed by atoms with van der Waals surface area (Å²) in [6, 6.07) is 8.39. The first-order valence-electron chi connectivity index (χ1n) is 6.89. The Morgan fingerprint density at radius 3 is 2.60 bits per heavy atom. The molecule has 0 spiro atoms. The first kappa shape index (κ1) is 14.5. The second-order valence-corrected chi connectivity index (χ2v) is 5.32. The number of amides is 1. The van der Waals surface area contributed by atoms with Gasteiger partial charge in [0.2, 0.25) is 0 Å². The molecular weight excluding hydrogens is 258 g/mol. The van der Waals surface area contributed by atoms with Crippen LogP contribution in [0.5, 0.6) is 0 Å². The summed E-state index contributed by atoms with van der Waals surface area (Å²) in [6.07, 6.45) is -1.66. The molecule has 0 aromatic heterocycles. The average Bonchev–Trinajstić information content (AvgIpc) is 2.36. The van der Waals surface area contributed by atoms with E-state index in [2.05, 4.69) is 5.32 Å². The molecular formula is C15H21NO4. The summed E-state index contributed by atoms with van der Waals surface area (Å²) < 4.78 is 17.6. The Labute approximate surface area is 120 Å². The van der Waals surface area contributed by atoms with Gasteiger partial charge in [0.1, 0.15) is 19.3 Å². The minimum atomic E-state index is -1.04. The molecule has 5 heteroatoms. The predicted molar refractivity (Wildman–Crippen MR) is 75.3 cm³/mol. The third kappa shape index (κ3) is 6.89. The van der Waals surface area contributed by atoms with E-state index in [1.54, 1.807) is 20.8 Å². The molecule has 1 N–H and O–H groups in total. The Morgan fingerprint density at radius 1 is 1.40 bits per heavy atom. The molecule has 1 atom stereocenters. The molecule has 0 radical (unpaired) electrons. The fraction of sp³-hybridized carbons (Fsp3) is 0.467. The van der Waals surface area contributed by atoms with Crippen molar-refractivity contribution in [1.29, 1.82) is 0 Å². The minimum absolute atomic E-state index is 0.0729. The maximum atomic E-state index is 11.6. The SMILES string of the molecule is [2H]C(=O)[C@@H](COCc1ccccc1)NC(=O)OC(C)(C)C. The topological polar surface area (TPSA) is 64.6 Å². The van der Waals surface area contributed by atoms with E-state index in [4.69, 9.17) is 10.8 Å². The summed E-state index contributed by atoms with van der Waals surface area (Å²) in [5.74, 6) is 0. The van der Waals surface area contributed by atoms with Gasteiger partial charge in [-0.15, -0.1) is 0 Å². The molecule has 1 aromatic carbocycles. The van der Waals surface area contributed by atoms with Gasteiger partial charge >= 0.3 is 6.09 Å². The zero-order chi connectivity index (χ0) is 15.9. The van der Waals surface area contributed by atoms with Gasteiger partial charge in [-0.25, -0.2) is 4.79 Å². The number of carbonyl (C=O) groups excluding carboxylic acids is 2. The van der Waals surface area contributed by atoms with Crippen LogP contribution in [0.1, 0.15) is 27.7 Å². The van der Waals surface area contributed by atoms with Crippen LogP contribution >= 0.6 is 0 Å². The largest absolute Gasteiger partial charge is 0.444 e. The molecule has 110 valence electrons. The Balaban J connectivity index is 2.43. The summed E-state index contributed by atoms with van der Waals surface area (Å²) in [5.41, 5.74) is 0.288. The Hall–Kier alpha value is -1.88. The maximum Gasteiger partial charge on any atom is 0.408 e. The van der Waals surface area contributed by atoms with Crippen molar-refractivity contribution in [3.05, 3.63) is 35.9 Å². The second-order valence-electron chi connectivity index (χ2n) is 5.32. The van der Waals surface area contributed by atoms with Crippen molar-refractivity contribution >= 4 is 12.4 Å². The predicted octanol–water partition coefficient (Wildman–Crippen LogP) is 2.30. The van der Waals surface area contributed by atoms with Crippen LogP contribution in [0.4, 0.5) is 4.79 Å². The molecule has 1 amide bonds. The van der Waals surface area contributed by atoms with E-state index >= 15 is 0 Å². The van der Waals surface area contributed by atoms with E-state index in [1.165, 1.54) is 0 Å². The van der Waals surface area contributed by atoms with Crippen LogP contribution in [0.25, 0.3) is 0 Å². The molecule has 5 nitrogen and oxygen atoms in total. The Kier molecular flexibility index (Phi) is 5.55. The summed E-state index contributed by atoms with van der Waals surface area (Å²) in [6.45, 7) is 5.39. The molecule has 0 heterocycles. The van der Waals surface area contributed by atoms with Gasteiger partial charge in [-0.2, -0.15) is 0 Å². The van der Waals surface area contributed by atoms with Crippen LogP contribution < -0.4 is 5.32 Å². The standard InChI is InChI=1S/C15H21NO4/c1-15(2,3)20-14(18)16-13(9-17)11-19-10-12-7-5-4-6-8-12/h4-9,13H,10-11H2,1-3H3,(H,16,18)/t13-/m0/s1/i9D. The lowest BCUT2D eigenvalue weighted by Gasteiger charge is -2.21. The highest BCUT2D eigenvalue weighted by atomic mass is 16.6. The fourth-order valence-corrected chi connectivity index (χ4v) is 1.42. The highest BCUT2D eigenvalue weighted by Crippen LogP contribution is 2.07. The smallest absolute Gasteiger partial charge is 0.408 e. The van der Waals surface area contributed by atoms with E-state index in [0.717, 1.165) is 5.56 Å². The van der Waals surface area contributed by atoms with Crippen molar-refractivity contribution in [3.63, 3.8) is 0 Å². The van der Waals surface area contributed by atoms with Gasteiger partial charge in [0.25, 0.3) is 0 Å². The van der Waals surface area contributed by atoms with E-state index in [0.29, 0.717) is 6.61 Å². The number of hydrogen-bond acceptors (Lipinski definition) is 4. The van der Waals surface area contributed by atoms with Crippen LogP contribution in [-0.2, 0) is 20.9 Å². The van der Waals surface area contributed by atoms with Gasteiger partial charge < -0.3 is 19.6 Å². The third-order valence-electron chi connectivity index (χ3n) is 2.23. The average molecular weight is 280 g/mol. The Morgan fingerprint density at radius 2 is 2.05 bits per heavy atom. The normalized spacial score (nSPS) is 13.2. The third-order valence-corrected chi connectivity index (χ3v) is 2.23. The summed E-state index contributed by atoms with van der Waals surface area (Å²) in [7, 11) is 0. The second kappa shape index (κ2) is 7.65. The lowest BCUT2D eigenvalue weighted by Crippen LogP contribution is -2.42. The molecule has 0 saturated carbocycles. The van der Waals surface area contributed by atoms with Crippen LogP contribution in [0.3, 0.4) is 0 Å². The quantitative estimate of drug-likeness (QED) is 0.812. The number of alkyl carbamates (subject to hydrolysis) is 1. The van der Waals surface area contributed by atoms with Crippen molar-refractivity contribution in [3.8, 4) is 0 Å². The Bertz CT molecular complexity index is 470. The highest BCUT2D eigenvalue weighted by molar-refractivity contribution is 5.73. The van der Waals surface area contributed by atoms with E-state index < -0.39 is 24.0 Å². The molecule has 1 rings (SSSR count). The lowest BCUT2D eigenvalue weighted by molar-refractivity contribution is -0.111. The monoisotopic (exact) mass is 280 g/mol.